The molecule has 0 spiro atoms. The van der Waals surface area contributed by atoms with Crippen LogP contribution in [0.1, 0.15) is 22.5 Å². The highest BCUT2D eigenvalue weighted by atomic mass is 35.5. The molecule has 25 heavy (non-hydrogen) atoms. The fraction of sp³-hybridized carbons (Fsp3) is 0.333. The first kappa shape index (κ1) is 16.3. The number of hydrogen-bond donors (Lipinski definition) is 1. The summed E-state index contributed by atoms with van der Waals surface area (Å²) in [6, 6.07) is 10.2. The van der Waals surface area contributed by atoms with E-state index < -0.39 is 5.60 Å². The van der Waals surface area contributed by atoms with Gasteiger partial charge in [0.15, 0.2) is 0 Å². The van der Waals surface area contributed by atoms with E-state index in [4.69, 9.17) is 21.1 Å². The third kappa shape index (κ3) is 2.76. The van der Waals surface area contributed by atoms with Crippen molar-refractivity contribution in [2.75, 3.05) is 19.9 Å². The fourth-order valence-electron chi connectivity index (χ4n) is 3.46. The van der Waals surface area contributed by atoms with Crippen LogP contribution in [0.15, 0.2) is 42.6 Å². The molecule has 1 amide bonds. The number of halogens is 1. The van der Waals surface area contributed by atoms with Crippen LogP contribution in [0.2, 0.25) is 5.02 Å². The fourth-order valence-corrected chi connectivity index (χ4v) is 3.64. The van der Waals surface area contributed by atoms with Crippen molar-refractivity contribution in [2.24, 2.45) is 0 Å². The van der Waals surface area contributed by atoms with Gasteiger partial charge >= 0.3 is 0 Å². The standard InChI is InChI=1S/C18H17ClN2O4/c19-13-9-12(4-5-14(13)22)17(23)21-8-6-18(15-3-1-2-7-20-15)16(10-21)24-11-25-18/h1-5,7,9,16,22H,6,8,10-11H2/t16-,18-/m1/s1. The molecule has 3 heterocycles. The topological polar surface area (TPSA) is 71.9 Å². The number of aromatic hydroxyl groups is 1. The third-order valence-electron chi connectivity index (χ3n) is 4.83. The van der Waals surface area contributed by atoms with Gasteiger partial charge in [-0.05, 0) is 30.3 Å². The van der Waals surface area contributed by atoms with Crippen molar-refractivity contribution < 1.29 is 19.4 Å². The first-order valence-corrected chi connectivity index (χ1v) is 8.43. The van der Waals surface area contributed by atoms with Crippen LogP contribution in [0.3, 0.4) is 0 Å². The number of piperidine rings is 1. The van der Waals surface area contributed by atoms with Gasteiger partial charge < -0.3 is 19.5 Å². The number of fused-ring (bicyclic) bond motifs is 1. The summed E-state index contributed by atoms with van der Waals surface area (Å²) >= 11 is 5.91. The Morgan fingerprint density at radius 1 is 1.36 bits per heavy atom. The molecule has 2 aliphatic rings. The molecule has 0 aliphatic carbocycles. The van der Waals surface area contributed by atoms with Crippen molar-refractivity contribution in [1.29, 1.82) is 0 Å². The molecule has 0 bridgehead atoms. The second-order valence-corrected chi connectivity index (χ2v) is 6.60. The number of benzene rings is 1. The average molecular weight is 361 g/mol. The minimum atomic E-state index is -0.607. The van der Waals surface area contributed by atoms with Gasteiger partial charge in [0, 0.05) is 24.7 Å². The number of phenols is 1. The summed E-state index contributed by atoms with van der Waals surface area (Å²) < 4.78 is 11.7. The highest BCUT2D eigenvalue weighted by molar-refractivity contribution is 6.32. The Morgan fingerprint density at radius 2 is 2.24 bits per heavy atom. The van der Waals surface area contributed by atoms with Gasteiger partial charge in [-0.3, -0.25) is 9.78 Å². The number of carbonyl (C=O) groups excluding carboxylic acids is 1. The first-order chi connectivity index (χ1) is 12.1. The number of amides is 1. The number of nitrogens with zero attached hydrogens (tertiary/aromatic N) is 2. The Hall–Kier alpha value is -2.15. The van der Waals surface area contributed by atoms with Crippen molar-refractivity contribution in [3.63, 3.8) is 0 Å². The van der Waals surface area contributed by atoms with Gasteiger partial charge in [-0.2, -0.15) is 0 Å². The van der Waals surface area contributed by atoms with E-state index in [1.165, 1.54) is 12.1 Å². The Morgan fingerprint density at radius 3 is 3.00 bits per heavy atom. The summed E-state index contributed by atoms with van der Waals surface area (Å²) in [5.41, 5.74) is 0.661. The van der Waals surface area contributed by atoms with E-state index in [0.29, 0.717) is 25.1 Å². The zero-order chi connectivity index (χ0) is 17.4. The summed E-state index contributed by atoms with van der Waals surface area (Å²) in [4.78, 5) is 18.9. The Labute approximate surface area is 149 Å². The molecule has 6 nitrogen and oxygen atoms in total. The molecule has 7 heteroatoms. The van der Waals surface area contributed by atoms with E-state index in [0.717, 1.165) is 5.69 Å². The maximum Gasteiger partial charge on any atom is 0.254 e. The summed E-state index contributed by atoms with van der Waals surface area (Å²) in [6.07, 6.45) is 2.07. The van der Waals surface area contributed by atoms with E-state index in [1.54, 1.807) is 17.2 Å². The van der Waals surface area contributed by atoms with Crippen molar-refractivity contribution in [3.8, 4) is 5.75 Å². The summed E-state index contributed by atoms with van der Waals surface area (Å²) in [5.74, 6) is -0.189. The first-order valence-electron chi connectivity index (χ1n) is 8.05. The second kappa shape index (κ2) is 6.29. The number of phenolic OH excluding ortho intramolecular Hbond substituents is 1. The van der Waals surface area contributed by atoms with Gasteiger partial charge in [0.2, 0.25) is 0 Å². The number of ether oxygens (including phenoxy) is 2. The third-order valence-corrected chi connectivity index (χ3v) is 5.13. The van der Waals surface area contributed by atoms with Crippen LogP contribution in [0.4, 0.5) is 0 Å². The molecule has 1 aromatic heterocycles. The lowest BCUT2D eigenvalue weighted by molar-refractivity contribution is -0.0470. The minimum Gasteiger partial charge on any atom is -0.506 e. The van der Waals surface area contributed by atoms with Crippen molar-refractivity contribution >= 4 is 17.5 Å². The molecule has 1 aromatic carbocycles. The van der Waals surface area contributed by atoms with Gasteiger partial charge in [-0.1, -0.05) is 17.7 Å². The van der Waals surface area contributed by atoms with E-state index in [9.17, 15) is 9.90 Å². The van der Waals surface area contributed by atoms with Crippen molar-refractivity contribution in [2.45, 2.75) is 18.1 Å². The quantitative estimate of drug-likeness (QED) is 0.891. The Kier molecular flexibility index (Phi) is 4.11. The lowest BCUT2D eigenvalue weighted by Gasteiger charge is -2.41. The van der Waals surface area contributed by atoms with Crippen molar-refractivity contribution in [3.05, 3.63) is 58.9 Å². The number of likely N-dealkylation sites (tertiary alicyclic amines) is 1. The monoisotopic (exact) mass is 360 g/mol. The largest absolute Gasteiger partial charge is 0.506 e. The van der Waals surface area contributed by atoms with Gasteiger partial charge in [-0.25, -0.2) is 0 Å². The molecular weight excluding hydrogens is 344 g/mol. The summed E-state index contributed by atoms with van der Waals surface area (Å²) in [5, 5.41) is 9.68. The lowest BCUT2D eigenvalue weighted by Crippen LogP contribution is -2.53. The summed E-state index contributed by atoms with van der Waals surface area (Å²) in [7, 11) is 0. The molecule has 2 saturated heterocycles. The zero-order valence-electron chi connectivity index (χ0n) is 13.4. The lowest BCUT2D eigenvalue weighted by atomic mass is 9.85. The van der Waals surface area contributed by atoms with Crippen LogP contribution in [0.25, 0.3) is 0 Å². The van der Waals surface area contributed by atoms with E-state index in [-0.39, 0.29) is 29.6 Å². The van der Waals surface area contributed by atoms with E-state index in [1.807, 2.05) is 18.2 Å². The van der Waals surface area contributed by atoms with Crippen LogP contribution in [0, 0.1) is 0 Å². The van der Waals surface area contributed by atoms with Crippen LogP contribution in [0.5, 0.6) is 5.75 Å². The predicted molar refractivity (Wildman–Crippen MR) is 90.4 cm³/mol. The smallest absolute Gasteiger partial charge is 0.254 e. The molecule has 0 saturated carbocycles. The molecule has 2 fully saturated rings. The molecular formula is C18H17ClN2O4. The van der Waals surface area contributed by atoms with Crippen LogP contribution < -0.4 is 0 Å². The van der Waals surface area contributed by atoms with Gasteiger partial charge in [0.25, 0.3) is 5.91 Å². The SMILES string of the molecule is O=C(c1ccc(O)c(Cl)c1)N1CC[C@]2(c3ccccn3)OCO[C@@H]2C1. The van der Waals surface area contributed by atoms with Crippen LogP contribution in [-0.2, 0) is 15.1 Å². The predicted octanol–water partition coefficient (Wildman–Crippen LogP) is 2.55. The summed E-state index contributed by atoms with van der Waals surface area (Å²) in [6.45, 7) is 1.12. The number of hydrogen-bond acceptors (Lipinski definition) is 5. The molecule has 130 valence electrons. The number of pyridine rings is 1. The van der Waals surface area contributed by atoms with Gasteiger partial charge in [0.05, 0.1) is 17.3 Å². The van der Waals surface area contributed by atoms with E-state index in [2.05, 4.69) is 4.98 Å². The van der Waals surface area contributed by atoms with Crippen molar-refractivity contribution in [1.82, 2.24) is 9.88 Å². The maximum absolute atomic E-state index is 12.8. The Bertz CT molecular complexity index is 801. The molecule has 2 aliphatic heterocycles. The molecule has 1 N–H and O–H groups in total. The minimum absolute atomic E-state index is 0.0430. The van der Waals surface area contributed by atoms with E-state index >= 15 is 0 Å². The number of carbonyl (C=O) groups is 1. The zero-order valence-corrected chi connectivity index (χ0v) is 14.1. The average Bonchev–Trinajstić information content (AvgIpc) is 3.08. The molecule has 2 atom stereocenters. The molecule has 0 unspecified atom stereocenters. The normalized spacial score (nSPS) is 25.6. The van der Waals surface area contributed by atoms with Gasteiger partial charge in [0.1, 0.15) is 24.2 Å². The maximum atomic E-state index is 12.8. The molecule has 4 rings (SSSR count). The number of rotatable bonds is 2. The van der Waals surface area contributed by atoms with Crippen LogP contribution >= 0.6 is 11.6 Å². The highest BCUT2D eigenvalue weighted by Crippen LogP contribution is 2.41. The van der Waals surface area contributed by atoms with Crippen LogP contribution in [-0.4, -0.2) is 46.9 Å². The molecule has 2 aromatic rings. The van der Waals surface area contributed by atoms with Gasteiger partial charge in [-0.15, -0.1) is 0 Å². The Balaban J connectivity index is 1.57. The molecule has 0 radical (unpaired) electrons. The number of aromatic nitrogens is 1. The highest BCUT2D eigenvalue weighted by Gasteiger charge is 2.52. The second-order valence-electron chi connectivity index (χ2n) is 6.19.